The quantitative estimate of drug-likeness (QED) is 0.782. The minimum atomic E-state index is -0.732. The molecule has 0 saturated heterocycles. The number of aliphatic hydroxyl groups excluding tert-OH is 1. The summed E-state index contributed by atoms with van der Waals surface area (Å²) in [5.41, 5.74) is 0.755. The third-order valence-electron chi connectivity index (χ3n) is 3.75. The Balaban J connectivity index is 1.79. The summed E-state index contributed by atoms with van der Waals surface area (Å²) in [7, 11) is 0. The average molecular weight is 330 g/mol. The molecule has 1 heterocycles. The van der Waals surface area contributed by atoms with Crippen LogP contribution in [0.4, 0.5) is 0 Å². The van der Waals surface area contributed by atoms with Crippen molar-refractivity contribution >= 4 is 5.91 Å². The van der Waals surface area contributed by atoms with Crippen LogP contribution in [0.25, 0.3) is 0 Å². The summed E-state index contributed by atoms with van der Waals surface area (Å²) in [6.45, 7) is 6.12. The van der Waals surface area contributed by atoms with Crippen LogP contribution in [0.2, 0.25) is 0 Å². The Labute approximate surface area is 143 Å². The molecule has 0 bridgehead atoms. The lowest BCUT2D eigenvalue weighted by atomic mass is 10.1. The molecule has 2 rings (SSSR count). The maximum absolute atomic E-state index is 12.0. The minimum absolute atomic E-state index is 0.0741. The van der Waals surface area contributed by atoms with Gasteiger partial charge in [0.25, 0.3) is 0 Å². The summed E-state index contributed by atoms with van der Waals surface area (Å²) in [5, 5.41) is 13.0. The molecule has 0 saturated carbocycles. The number of aromatic nitrogens is 1. The molecule has 0 aliphatic carbocycles. The van der Waals surface area contributed by atoms with Crippen molar-refractivity contribution in [2.75, 3.05) is 6.54 Å². The zero-order chi connectivity index (χ0) is 17.5. The van der Waals surface area contributed by atoms with Crippen molar-refractivity contribution in [2.24, 2.45) is 0 Å². The van der Waals surface area contributed by atoms with E-state index in [0.717, 1.165) is 11.3 Å². The Morgan fingerprint density at radius 1 is 1.17 bits per heavy atom. The number of hydrogen-bond donors (Lipinski definition) is 2. The SMILES string of the molecule is CC(C)Oc1ccc(C(O)CNC(=O)CC(C)n2cccc2)cc1. The van der Waals surface area contributed by atoms with Crippen LogP contribution in [-0.2, 0) is 4.79 Å². The van der Waals surface area contributed by atoms with Crippen molar-refractivity contribution in [3.63, 3.8) is 0 Å². The van der Waals surface area contributed by atoms with E-state index in [4.69, 9.17) is 4.74 Å². The van der Waals surface area contributed by atoms with Gasteiger partial charge in [0, 0.05) is 31.4 Å². The van der Waals surface area contributed by atoms with Gasteiger partial charge in [-0.15, -0.1) is 0 Å². The van der Waals surface area contributed by atoms with Crippen LogP contribution in [0.15, 0.2) is 48.8 Å². The topological polar surface area (TPSA) is 63.5 Å². The van der Waals surface area contributed by atoms with E-state index >= 15 is 0 Å². The zero-order valence-electron chi connectivity index (χ0n) is 14.5. The first-order valence-electron chi connectivity index (χ1n) is 8.29. The van der Waals surface area contributed by atoms with Crippen molar-refractivity contribution in [3.05, 3.63) is 54.4 Å². The molecular weight excluding hydrogens is 304 g/mol. The molecule has 2 unspecified atom stereocenters. The molecule has 5 heteroatoms. The van der Waals surface area contributed by atoms with Gasteiger partial charge < -0.3 is 19.7 Å². The summed E-state index contributed by atoms with van der Waals surface area (Å²) >= 11 is 0. The molecule has 0 spiro atoms. The minimum Gasteiger partial charge on any atom is -0.491 e. The summed E-state index contributed by atoms with van der Waals surface area (Å²) in [5.74, 6) is 0.695. The molecule has 130 valence electrons. The van der Waals surface area contributed by atoms with E-state index in [9.17, 15) is 9.90 Å². The van der Waals surface area contributed by atoms with E-state index in [1.54, 1.807) is 0 Å². The summed E-state index contributed by atoms with van der Waals surface area (Å²) < 4.78 is 7.56. The Morgan fingerprint density at radius 2 is 1.79 bits per heavy atom. The summed E-state index contributed by atoms with van der Waals surface area (Å²) in [6, 6.07) is 11.2. The molecule has 5 nitrogen and oxygen atoms in total. The van der Waals surface area contributed by atoms with Gasteiger partial charge >= 0.3 is 0 Å². The smallest absolute Gasteiger partial charge is 0.222 e. The van der Waals surface area contributed by atoms with E-state index < -0.39 is 6.10 Å². The lowest BCUT2D eigenvalue weighted by Crippen LogP contribution is -2.29. The molecule has 2 N–H and O–H groups in total. The van der Waals surface area contributed by atoms with E-state index in [-0.39, 0.29) is 24.6 Å². The first-order chi connectivity index (χ1) is 11.5. The third kappa shape index (κ3) is 5.42. The first-order valence-corrected chi connectivity index (χ1v) is 8.29. The highest BCUT2D eigenvalue weighted by atomic mass is 16.5. The Hall–Kier alpha value is -2.27. The maximum Gasteiger partial charge on any atom is 0.222 e. The fourth-order valence-corrected chi connectivity index (χ4v) is 2.46. The van der Waals surface area contributed by atoms with Gasteiger partial charge in [0.05, 0.1) is 12.2 Å². The molecule has 0 radical (unpaired) electrons. The number of hydrogen-bond acceptors (Lipinski definition) is 3. The van der Waals surface area contributed by atoms with E-state index in [2.05, 4.69) is 5.32 Å². The monoisotopic (exact) mass is 330 g/mol. The number of nitrogens with one attached hydrogen (secondary N) is 1. The Kier molecular flexibility index (Phi) is 6.44. The predicted molar refractivity (Wildman–Crippen MR) is 93.9 cm³/mol. The van der Waals surface area contributed by atoms with E-state index in [0.29, 0.717) is 6.42 Å². The van der Waals surface area contributed by atoms with Gasteiger partial charge in [-0.1, -0.05) is 12.1 Å². The van der Waals surface area contributed by atoms with Crippen LogP contribution >= 0.6 is 0 Å². The van der Waals surface area contributed by atoms with Crippen LogP contribution in [0.5, 0.6) is 5.75 Å². The second-order valence-electron chi connectivity index (χ2n) is 6.24. The molecular formula is C19H26N2O3. The first kappa shape index (κ1) is 18.1. The highest BCUT2D eigenvalue weighted by molar-refractivity contribution is 5.76. The van der Waals surface area contributed by atoms with E-state index in [1.165, 1.54) is 0 Å². The number of carbonyl (C=O) groups is 1. The van der Waals surface area contributed by atoms with Crippen molar-refractivity contribution in [2.45, 2.75) is 45.4 Å². The second kappa shape index (κ2) is 8.55. The van der Waals surface area contributed by atoms with Gasteiger partial charge in [-0.25, -0.2) is 0 Å². The van der Waals surface area contributed by atoms with Crippen LogP contribution < -0.4 is 10.1 Å². The van der Waals surface area contributed by atoms with Gasteiger partial charge in [-0.2, -0.15) is 0 Å². The molecule has 1 aromatic heterocycles. The lowest BCUT2D eigenvalue weighted by molar-refractivity contribution is -0.122. The molecule has 0 aliphatic heterocycles. The van der Waals surface area contributed by atoms with Crippen molar-refractivity contribution in [1.82, 2.24) is 9.88 Å². The molecule has 0 aliphatic rings. The zero-order valence-corrected chi connectivity index (χ0v) is 14.5. The number of amides is 1. The fraction of sp³-hybridized carbons (Fsp3) is 0.421. The Bertz CT molecular complexity index is 621. The van der Waals surface area contributed by atoms with Crippen molar-refractivity contribution < 1.29 is 14.6 Å². The number of carbonyl (C=O) groups excluding carboxylic acids is 1. The van der Waals surface area contributed by atoms with Gasteiger partial charge in [0.15, 0.2) is 0 Å². The number of ether oxygens (including phenoxy) is 1. The standard InChI is InChI=1S/C19H26N2O3/c1-14(2)24-17-8-6-16(7-9-17)18(22)13-20-19(23)12-15(3)21-10-4-5-11-21/h4-11,14-15,18,22H,12-13H2,1-3H3,(H,20,23). The molecule has 1 aromatic carbocycles. The fourth-order valence-electron chi connectivity index (χ4n) is 2.46. The lowest BCUT2D eigenvalue weighted by Gasteiger charge is -2.16. The second-order valence-corrected chi connectivity index (χ2v) is 6.24. The normalized spacial score (nSPS) is 13.5. The van der Waals surface area contributed by atoms with Gasteiger partial charge in [0.1, 0.15) is 5.75 Å². The largest absolute Gasteiger partial charge is 0.491 e. The van der Waals surface area contributed by atoms with Gasteiger partial charge in [-0.05, 0) is 50.6 Å². The van der Waals surface area contributed by atoms with Crippen molar-refractivity contribution in [1.29, 1.82) is 0 Å². The molecule has 24 heavy (non-hydrogen) atoms. The molecule has 2 atom stereocenters. The maximum atomic E-state index is 12.0. The number of benzene rings is 1. The van der Waals surface area contributed by atoms with Gasteiger partial charge in [-0.3, -0.25) is 4.79 Å². The third-order valence-corrected chi connectivity index (χ3v) is 3.75. The predicted octanol–water partition coefficient (Wildman–Crippen LogP) is 3.08. The number of aliphatic hydroxyl groups is 1. The Morgan fingerprint density at radius 3 is 2.38 bits per heavy atom. The summed E-state index contributed by atoms with van der Waals surface area (Å²) in [4.78, 5) is 12.0. The van der Waals surface area contributed by atoms with Gasteiger partial charge in [0.2, 0.25) is 5.91 Å². The highest BCUT2D eigenvalue weighted by Crippen LogP contribution is 2.18. The molecule has 1 amide bonds. The number of nitrogens with zero attached hydrogens (tertiary/aromatic N) is 1. The summed E-state index contributed by atoms with van der Waals surface area (Å²) in [6.07, 6.45) is 3.63. The van der Waals surface area contributed by atoms with Crippen molar-refractivity contribution in [3.8, 4) is 5.75 Å². The van der Waals surface area contributed by atoms with E-state index in [1.807, 2.05) is 74.1 Å². The number of rotatable bonds is 8. The average Bonchev–Trinajstić information content (AvgIpc) is 3.07. The highest BCUT2D eigenvalue weighted by Gasteiger charge is 2.13. The molecule has 0 fully saturated rings. The molecule has 2 aromatic rings. The van der Waals surface area contributed by atoms with Crippen LogP contribution in [0.3, 0.4) is 0 Å². The van der Waals surface area contributed by atoms with Crippen LogP contribution in [-0.4, -0.2) is 28.2 Å². The van der Waals surface area contributed by atoms with Crippen LogP contribution in [0.1, 0.15) is 44.9 Å². The van der Waals surface area contributed by atoms with Crippen LogP contribution in [0, 0.1) is 0 Å².